The zero-order valence-corrected chi connectivity index (χ0v) is 11.4. The Bertz CT molecular complexity index is 613. The first-order valence-electron chi connectivity index (χ1n) is 6.35. The molecule has 0 atom stereocenters. The third-order valence-electron chi connectivity index (χ3n) is 2.86. The van der Waals surface area contributed by atoms with Gasteiger partial charge in [0.05, 0.1) is 19.1 Å². The Hall–Kier alpha value is -1.97. The monoisotopic (exact) mass is 262 g/mol. The summed E-state index contributed by atoms with van der Waals surface area (Å²) in [7, 11) is 1.57. The molecule has 0 N–H and O–H groups in total. The van der Waals surface area contributed by atoms with Gasteiger partial charge in [-0.2, -0.15) is 0 Å². The van der Waals surface area contributed by atoms with Crippen LogP contribution in [0, 0.1) is 5.92 Å². The van der Waals surface area contributed by atoms with Gasteiger partial charge in [-0.1, -0.05) is 13.8 Å². The van der Waals surface area contributed by atoms with Gasteiger partial charge in [-0.3, -0.25) is 0 Å². The van der Waals surface area contributed by atoms with Gasteiger partial charge in [0.2, 0.25) is 0 Å². The number of benzene rings is 1. The van der Waals surface area contributed by atoms with Gasteiger partial charge in [0.1, 0.15) is 17.1 Å². The molecule has 0 amide bonds. The number of hydrogen-bond acceptors (Lipinski definition) is 4. The lowest BCUT2D eigenvalue weighted by molar-refractivity contribution is 0.290. The van der Waals surface area contributed by atoms with Crippen LogP contribution in [0.3, 0.4) is 0 Å². The molecule has 4 nitrogen and oxygen atoms in total. The van der Waals surface area contributed by atoms with Gasteiger partial charge in [0.25, 0.3) is 0 Å². The third kappa shape index (κ3) is 3.28. The van der Waals surface area contributed by atoms with Gasteiger partial charge in [0, 0.05) is 18.2 Å². The van der Waals surface area contributed by atoms with E-state index in [9.17, 15) is 4.79 Å². The van der Waals surface area contributed by atoms with E-state index in [0.717, 1.165) is 11.8 Å². The zero-order chi connectivity index (χ0) is 13.8. The fraction of sp³-hybridized carbons (Fsp3) is 0.400. The molecule has 0 saturated heterocycles. The average molecular weight is 262 g/mol. The Balaban J connectivity index is 2.37. The van der Waals surface area contributed by atoms with Crippen molar-refractivity contribution in [3.8, 4) is 11.5 Å². The number of hydrogen-bond donors (Lipinski definition) is 0. The number of methoxy groups -OCH3 is 1. The van der Waals surface area contributed by atoms with E-state index in [-0.39, 0.29) is 5.63 Å². The second kappa shape index (κ2) is 5.78. The Morgan fingerprint density at radius 2 is 2.05 bits per heavy atom. The maximum Gasteiger partial charge on any atom is 0.336 e. The first kappa shape index (κ1) is 13.5. The van der Waals surface area contributed by atoms with Crippen molar-refractivity contribution in [3.63, 3.8) is 0 Å². The van der Waals surface area contributed by atoms with Crippen LogP contribution >= 0.6 is 0 Å². The molecule has 0 bridgehead atoms. The van der Waals surface area contributed by atoms with Crippen molar-refractivity contribution in [2.24, 2.45) is 5.92 Å². The minimum atomic E-state index is -0.381. The molecule has 2 rings (SSSR count). The Morgan fingerprint density at radius 3 is 2.74 bits per heavy atom. The molecule has 0 radical (unpaired) electrons. The molecule has 0 fully saturated rings. The van der Waals surface area contributed by atoms with Gasteiger partial charge in [-0.25, -0.2) is 4.79 Å². The summed E-state index contributed by atoms with van der Waals surface area (Å²) in [6.07, 6.45) is 0.968. The highest BCUT2D eigenvalue weighted by molar-refractivity contribution is 5.84. The molecule has 0 aliphatic carbocycles. The van der Waals surface area contributed by atoms with Crippen LogP contribution in [0.15, 0.2) is 33.5 Å². The molecule has 0 aliphatic rings. The van der Waals surface area contributed by atoms with E-state index in [2.05, 4.69) is 13.8 Å². The summed E-state index contributed by atoms with van der Waals surface area (Å²) in [6.45, 7) is 4.91. The van der Waals surface area contributed by atoms with Crippen molar-refractivity contribution in [3.05, 3.63) is 34.7 Å². The predicted molar refractivity (Wildman–Crippen MR) is 74.0 cm³/mol. The second-order valence-electron chi connectivity index (χ2n) is 4.82. The highest BCUT2D eigenvalue weighted by atomic mass is 16.5. The van der Waals surface area contributed by atoms with Gasteiger partial charge < -0.3 is 13.9 Å². The average Bonchev–Trinajstić information content (AvgIpc) is 2.37. The van der Waals surface area contributed by atoms with E-state index in [1.165, 1.54) is 6.07 Å². The van der Waals surface area contributed by atoms with E-state index in [1.807, 2.05) is 6.07 Å². The van der Waals surface area contributed by atoms with Crippen molar-refractivity contribution in [1.82, 2.24) is 0 Å². The summed E-state index contributed by atoms with van der Waals surface area (Å²) < 4.78 is 16.1. The Kier molecular flexibility index (Phi) is 4.10. The molecule has 0 aliphatic heterocycles. The number of fused-ring (bicyclic) bond motifs is 1. The summed E-state index contributed by atoms with van der Waals surface area (Å²) in [5.74, 6) is 1.87. The van der Waals surface area contributed by atoms with E-state index in [0.29, 0.717) is 29.6 Å². The normalized spacial score (nSPS) is 10.9. The molecule has 0 unspecified atom stereocenters. The van der Waals surface area contributed by atoms with Gasteiger partial charge in [-0.05, 0) is 18.4 Å². The van der Waals surface area contributed by atoms with Gasteiger partial charge in [-0.15, -0.1) is 0 Å². The maximum atomic E-state index is 11.2. The summed E-state index contributed by atoms with van der Waals surface area (Å²) in [5, 5.41) is 0.782. The number of ether oxygens (including phenoxy) is 2. The summed E-state index contributed by atoms with van der Waals surface area (Å²) in [4.78, 5) is 11.2. The van der Waals surface area contributed by atoms with Gasteiger partial charge in [0.15, 0.2) is 0 Å². The standard InChI is InChI=1S/C15H18O4/c1-10(2)6-7-18-13-8-11(17-3)9-14-12(13)4-5-15(16)19-14/h4-5,8-10H,6-7H2,1-3H3. The van der Waals surface area contributed by atoms with Crippen LogP contribution in [0.25, 0.3) is 11.0 Å². The molecule has 19 heavy (non-hydrogen) atoms. The quantitative estimate of drug-likeness (QED) is 0.776. The fourth-order valence-corrected chi connectivity index (χ4v) is 1.76. The van der Waals surface area contributed by atoms with Crippen LogP contribution < -0.4 is 15.1 Å². The smallest absolute Gasteiger partial charge is 0.336 e. The molecule has 1 aromatic heterocycles. The highest BCUT2D eigenvalue weighted by Crippen LogP contribution is 2.30. The maximum absolute atomic E-state index is 11.2. The minimum absolute atomic E-state index is 0.381. The van der Waals surface area contributed by atoms with E-state index >= 15 is 0 Å². The lowest BCUT2D eigenvalue weighted by Gasteiger charge is -2.11. The van der Waals surface area contributed by atoms with Crippen LogP contribution in [-0.2, 0) is 0 Å². The Morgan fingerprint density at radius 1 is 1.26 bits per heavy atom. The molecule has 102 valence electrons. The highest BCUT2D eigenvalue weighted by Gasteiger charge is 2.08. The summed E-state index contributed by atoms with van der Waals surface area (Å²) in [6, 6.07) is 6.60. The van der Waals surface area contributed by atoms with Crippen molar-refractivity contribution in [1.29, 1.82) is 0 Å². The van der Waals surface area contributed by atoms with E-state index in [1.54, 1.807) is 19.2 Å². The van der Waals surface area contributed by atoms with Crippen molar-refractivity contribution in [2.45, 2.75) is 20.3 Å². The topological polar surface area (TPSA) is 48.7 Å². The van der Waals surface area contributed by atoms with E-state index in [4.69, 9.17) is 13.9 Å². The summed E-state index contributed by atoms with van der Waals surface area (Å²) in [5.41, 5.74) is 0.0975. The van der Waals surface area contributed by atoms with Crippen molar-refractivity contribution >= 4 is 11.0 Å². The van der Waals surface area contributed by atoms with Crippen LogP contribution in [0.1, 0.15) is 20.3 Å². The Labute approximate surface area is 111 Å². The molecular formula is C15H18O4. The lowest BCUT2D eigenvalue weighted by Crippen LogP contribution is -2.03. The molecular weight excluding hydrogens is 244 g/mol. The lowest BCUT2D eigenvalue weighted by atomic mass is 10.1. The van der Waals surface area contributed by atoms with Crippen molar-refractivity contribution < 1.29 is 13.9 Å². The molecule has 0 spiro atoms. The minimum Gasteiger partial charge on any atom is -0.496 e. The zero-order valence-electron chi connectivity index (χ0n) is 11.4. The van der Waals surface area contributed by atoms with Crippen molar-refractivity contribution in [2.75, 3.05) is 13.7 Å². The molecule has 1 aromatic carbocycles. The molecule has 2 aromatic rings. The predicted octanol–water partition coefficient (Wildman–Crippen LogP) is 3.23. The largest absolute Gasteiger partial charge is 0.496 e. The molecule has 0 saturated carbocycles. The third-order valence-corrected chi connectivity index (χ3v) is 2.86. The van der Waals surface area contributed by atoms with Crippen LogP contribution in [0.2, 0.25) is 0 Å². The molecule has 1 heterocycles. The molecule has 4 heteroatoms. The van der Waals surface area contributed by atoms with Crippen LogP contribution in [0.5, 0.6) is 11.5 Å². The van der Waals surface area contributed by atoms with E-state index < -0.39 is 0 Å². The first-order valence-corrected chi connectivity index (χ1v) is 6.35. The fourth-order valence-electron chi connectivity index (χ4n) is 1.76. The van der Waals surface area contributed by atoms with Crippen LogP contribution in [0.4, 0.5) is 0 Å². The second-order valence-corrected chi connectivity index (χ2v) is 4.82. The number of rotatable bonds is 5. The van der Waals surface area contributed by atoms with Gasteiger partial charge >= 0.3 is 5.63 Å². The SMILES string of the molecule is COc1cc(OCCC(C)C)c2ccc(=O)oc2c1. The summed E-state index contributed by atoms with van der Waals surface area (Å²) >= 11 is 0. The van der Waals surface area contributed by atoms with Crippen LogP contribution in [-0.4, -0.2) is 13.7 Å². The first-order chi connectivity index (χ1) is 9.10.